The lowest BCUT2D eigenvalue weighted by atomic mass is 10.1. The van der Waals surface area contributed by atoms with Crippen LogP contribution in [0.4, 0.5) is 4.39 Å². The summed E-state index contributed by atoms with van der Waals surface area (Å²) in [6.07, 6.45) is 1.26. The highest BCUT2D eigenvalue weighted by Gasteiger charge is 2.14. The molecule has 1 unspecified atom stereocenters. The first kappa shape index (κ1) is 13.1. The second-order valence-corrected chi connectivity index (χ2v) is 4.01. The van der Waals surface area contributed by atoms with Gasteiger partial charge in [-0.2, -0.15) is 0 Å². The summed E-state index contributed by atoms with van der Waals surface area (Å²) in [4.78, 5) is 18.8. The Hall–Kier alpha value is -2.34. The summed E-state index contributed by atoms with van der Waals surface area (Å²) in [6.45, 7) is 0. The van der Waals surface area contributed by atoms with Crippen LogP contribution in [-0.2, 0) is 4.79 Å². The van der Waals surface area contributed by atoms with Crippen LogP contribution in [0.2, 0.25) is 0 Å². The third kappa shape index (κ3) is 3.32. The van der Waals surface area contributed by atoms with Crippen LogP contribution in [-0.4, -0.2) is 21.0 Å². The quantitative estimate of drug-likeness (QED) is 0.875. The minimum absolute atomic E-state index is 0.243. The molecule has 3 N–H and O–H groups in total. The fourth-order valence-electron chi connectivity index (χ4n) is 1.61. The van der Waals surface area contributed by atoms with Crippen LogP contribution < -0.4 is 5.73 Å². The molecule has 1 heterocycles. The molecule has 0 aliphatic rings. The van der Waals surface area contributed by atoms with Gasteiger partial charge in [-0.3, -0.25) is 4.79 Å². The van der Waals surface area contributed by atoms with E-state index in [4.69, 9.17) is 10.8 Å². The first-order chi connectivity index (χ1) is 9.06. The molecule has 0 fully saturated rings. The molecule has 1 aromatic heterocycles. The molecule has 5 nitrogen and oxygen atoms in total. The highest BCUT2D eigenvalue weighted by atomic mass is 19.1. The Labute approximate surface area is 108 Å². The van der Waals surface area contributed by atoms with Gasteiger partial charge in [-0.15, -0.1) is 0 Å². The van der Waals surface area contributed by atoms with E-state index in [1.54, 1.807) is 18.2 Å². The Kier molecular flexibility index (Phi) is 3.82. The standard InChI is InChI=1S/C13H12FN3O2/c14-9-3-1-8(2-4-9)11-5-6-16-13(17-11)10(15)7-12(18)19/h1-6,10H,7,15H2,(H,18,19). The summed E-state index contributed by atoms with van der Waals surface area (Å²) in [7, 11) is 0. The second kappa shape index (κ2) is 5.53. The molecule has 2 aromatic rings. The van der Waals surface area contributed by atoms with Gasteiger partial charge in [0, 0.05) is 11.8 Å². The zero-order valence-corrected chi connectivity index (χ0v) is 9.95. The maximum absolute atomic E-state index is 12.8. The first-order valence-electron chi connectivity index (χ1n) is 5.62. The van der Waals surface area contributed by atoms with Crippen LogP contribution in [0.15, 0.2) is 36.5 Å². The van der Waals surface area contributed by atoms with E-state index in [2.05, 4.69) is 9.97 Å². The smallest absolute Gasteiger partial charge is 0.305 e. The number of carbonyl (C=O) groups is 1. The molecule has 0 aliphatic carbocycles. The molecule has 1 atom stereocenters. The minimum Gasteiger partial charge on any atom is -0.481 e. The Morgan fingerprint density at radius 2 is 2.00 bits per heavy atom. The largest absolute Gasteiger partial charge is 0.481 e. The summed E-state index contributed by atoms with van der Waals surface area (Å²) in [5, 5.41) is 8.68. The van der Waals surface area contributed by atoms with E-state index in [1.165, 1.54) is 18.3 Å². The van der Waals surface area contributed by atoms with Gasteiger partial charge in [0.25, 0.3) is 0 Å². The van der Waals surface area contributed by atoms with Crippen molar-refractivity contribution in [1.82, 2.24) is 9.97 Å². The summed E-state index contributed by atoms with van der Waals surface area (Å²) in [5.41, 5.74) is 6.99. The van der Waals surface area contributed by atoms with Gasteiger partial charge in [0.2, 0.25) is 0 Å². The number of aliphatic carboxylic acids is 1. The highest BCUT2D eigenvalue weighted by molar-refractivity contribution is 5.67. The van der Waals surface area contributed by atoms with E-state index in [9.17, 15) is 9.18 Å². The van der Waals surface area contributed by atoms with Crippen LogP contribution in [0.1, 0.15) is 18.3 Å². The van der Waals surface area contributed by atoms with Crippen molar-refractivity contribution in [2.75, 3.05) is 0 Å². The van der Waals surface area contributed by atoms with Gasteiger partial charge >= 0.3 is 5.97 Å². The number of carboxylic acids is 1. The summed E-state index contributed by atoms with van der Waals surface area (Å²) < 4.78 is 12.8. The zero-order chi connectivity index (χ0) is 13.8. The van der Waals surface area contributed by atoms with Crippen molar-refractivity contribution in [3.63, 3.8) is 0 Å². The maximum Gasteiger partial charge on any atom is 0.305 e. The van der Waals surface area contributed by atoms with Gasteiger partial charge < -0.3 is 10.8 Å². The predicted molar refractivity (Wildman–Crippen MR) is 66.6 cm³/mol. The molecule has 1 aromatic carbocycles. The average molecular weight is 261 g/mol. The molecule has 0 bridgehead atoms. The number of aromatic nitrogens is 2. The molecular weight excluding hydrogens is 249 g/mol. The van der Waals surface area contributed by atoms with Gasteiger partial charge in [0.1, 0.15) is 11.6 Å². The van der Waals surface area contributed by atoms with Gasteiger partial charge in [-0.05, 0) is 30.3 Å². The number of hydrogen-bond donors (Lipinski definition) is 2. The molecule has 2 rings (SSSR count). The first-order valence-corrected chi connectivity index (χ1v) is 5.62. The fourth-order valence-corrected chi connectivity index (χ4v) is 1.61. The number of rotatable bonds is 4. The van der Waals surface area contributed by atoms with Gasteiger partial charge in [-0.1, -0.05) is 0 Å². The maximum atomic E-state index is 12.8. The topological polar surface area (TPSA) is 89.1 Å². The number of nitrogens with two attached hydrogens (primary N) is 1. The number of halogens is 1. The minimum atomic E-state index is -1.01. The van der Waals surface area contributed by atoms with Crippen LogP contribution in [0.5, 0.6) is 0 Å². The van der Waals surface area contributed by atoms with E-state index in [0.29, 0.717) is 11.3 Å². The van der Waals surface area contributed by atoms with Gasteiger partial charge in [-0.25, -0.2) is 14.4 Å². The van der Waals surface area contributed by atoms with Crippen molar-refractivity contribution in [1.29, 1.82) is 0 Å². The van der Waals surface area contributed by atoms with Crippen molar-refractivity contribution in [2.45, 2.75) is 12.5 Å². The van der Waals surface area contributed by atoms with E-state index < -0.39 is 12.0 Å². The summed E-state index contributed by atoms with van der Waals surface area (Å²) >= 11 is 0. The number of benzene rings is 1. The molecule has 0 amide bonds. The van der Waals surface area contributed by atoms with Crippen LogP contribution >= 0.6 is 0 Å². The number of nitrogens with zero attached hydrogens (tertiary/aromatic N) is 2. The molecule has 0 saturated carbocycles. The average Bonchev–Trinajstić information content (AvgIpc) is 2.39. The molecule has 19 heavy (non-hydrogen) atoms. The Bertz CT molecular complexity index is 587. The van der Waals surface area contributed by atoms with Crippen molar-refractivity contribution in [3.05, 3.63) is 48.2 Å². The van der Waals surface area contributed by atoms with E-state index in [1.807, 2.05) is 0 Å². The molecule has 0 saturated heterocycles. The molecule has 6 heteroatoms. The van der Waals surface area contributed by atoms with Crippen LogP contribution in [0.25, 0.3) is 11.3 Å². The van der Waals surface area contributed by atoms with Crippen molar-refractivity contribution in [2.24, 2.45) is 5.73 Å². The Balaban J connectivity index is 2.28. The summed E-state index contributed by atoms with van der Waals surface area (Å²) in [6, 6.07) is 6.72. The Morgan fingerprint density at radius 3 is 2.63 bits per heavy atom. The lowest BCUT2D eigenvalue weighted by molar-refractivity contribution is -0.137. The van der Waals surface area contributed by atoms with E-state index in [-0.39, 0.29) is 18.1 Å². The number of hydrogen-bond acceptors (Lipinski definition) is 4. The summed E-state index contributed by atoms with van der Waals surface area (Å²) in [5.74, 6) is -1.09. The molecule has 0 radical (unpaired) electrons. The van der Waals surface area contributed by atoms with Crippen molar-refractivity contribution < 1.29 is 14.3 Å². The van der Waals surface area contributed by atoms with E-state index in [0.717, 1.165) is 0 Å². The molecule has 98 valence electrons. The monoisotopic (exact) mass is 261 g/mol. The normalized spacial score (nSPS) is 12.1. The van der Waals surface area contributed by atoms with Crippen LogP contribution in [0, 0.1) is 5.82 Å². The Morgan fingerprint density at radius 1 is 1.32 bits per heavy atom. The third-order valence-electron chi connectivity index (χ3n) is 2.54. The van der Waals surface area contributed by atoms with Crippen molar-refractivity contribution >= 4 is 5.97 Å². The van der Waals surface area contributed by atoms with E-state index >= 15 is 0 Å². The third-order valence-corrected chi connectivity index (χ3v) is 2.54. The lowest BCUT2D eigenvalue weighted by Gasteiger charge is -2.09. The number of carboxylic acid groups (broad SMARTS) is 1. The molecule has 0 spiro atoms. The van der Waals surface area contributed by atoms with Crippen molar-refractivity contribution in [3.8, 4) is 11.3 Å². The second-order valence-electron chi connectivity index (χ2n) is 4.01. The highest BCUT2D eigenvalue weighted by Crippen LogP contribution is 2.18. The lowest BCUT2D eigenvalue weighted by Crippen LogP contribution is -2.18. The predicted octanol–water partition coefficient (Wildman–Crippen LogP) is 1.76. The molecule has 0 aliphatic heterocycles. The molecular formula is C13H12FN3O2. The van der Waals surface area contributed by atoms with Crippen LogP contribution in [0.3, 0.4) is 0 Å². The van der Waals surface area contributed by atoms with Gasteiger partial charge in [0.15, 0.2) is 0 Å². The SMILES string of the molecule is NC(CC(=O)O)c1nccc(-c2ccc(F)cc2)n1. The van der Waals surface area contributed by atoms with Gasteiger partial charge in [0.05, 0.1) is 18.2 Å². The zero-order valence-electron chi connectivity index (χ0n) is 9.95. The fraction of sp³-hybridized carbons (Fsp3) is 0.154.